The summed E-state index contributed by atoms with van der Waals surface area (Å²) >= 11 is 6.29. The van der Waals surface area contributed by atoms with Crippen LogP contribution in [0.2, 0.25) is 5.02 Å². The van der Waals surface area contributed by atoms with E-state index in [1.54, 1.807) is 31.6 Å². The molecule has 0 aromatic carbocycles. The van der Waals surface area contributed by atoms with E-state index in [9.17, 15) is 5.21 Å². The largest absolute Gasteiger partial charge is 0.409 e. The highest BCUT2D eigenvalue weighted by Gasteiger charge is 2.28. The number of fused-ring (bicyclic) bond motifs is 1. The van der Waals surface area contributed by atoms with E-state index >= 15 is 0 Å². The van der Waals surface area contributed by atoms with Crippen molar-refractivity contribution < 1.29 is 14.7 Å². The first-order valence-electron chi connectivity index (χ1n) is 12.1. The van der Waals surface area contributed by atoms with Gasteiger partial charge in [0.05, 0.1) is 28.4 Å². The highest BCUT2D eigenvalue weighted by atomic mass is 35.5. The van der Waals surface area contributed by atoms with Crippen LogP contribution in [-0.2, 0) is 16.0 Å². The Bertz CT molecular complexity index is 1180. The molecule has 0 radical (unpaired) electrons. The van der Waals surface area contributed by atoms with Crippen LogP contribution in [-0.4, -0.2) is 50.9 Å². The third kappa shape index (κ3) is 5.58. The topological polar surface area (TPSA) is 121 Å². The maximum Gasteiger partial charge on any atom is 0.188 e. The smallest absolute Gasteiger partial charge is 0.188 e. The fraction of sp³-hybridized carbons (Fsp3) is 0.520. The van der Waals surface area contributed by atoms with Crippen molar-refractivity contribution in [1.29, 1.82) is 0 Å². The number of hydrogen-bond donors (Lipinski definition) is 2. The molecule has 0 saturated heterocycles. The summed E-state index contributed by atoms with van der Waals surface area (Å²) in [6.07, 6.45) is 7.69. The van der Waals surface area contributed by atoms with Crippen LogP contribution in [0.5, 0.6) is 0 Å². The minimum Gasteiger partial charge on any atom is -0.409 e. The normalized spacial score (nSPS) is 19.8. The number of aromatic nitrogens is 4. The molecule has 1 unspecified atom stereocenters. The molecule has 188 valence electrons. The molecule has 10 heteroatoms. The molecule has 1 aliphatic rings. The third-order valence-electron chi connectivity index (χ3n) is 6.65. The molecule has 1 saturated carbocycles. The Balaban J connectivity index is 1.96. The molecule has 3 N–H and O–H groups in total. The zero-order chi connectivity index (χ0) is 24.9. The number of nitrogens with two attached hydrogens (primary N) is 1. The summed E-state index contributed by atoms with van der Waals surface area (Å²) in [5, 5.41) is 13.0. The minimum absolute atomic E-state index is 0.0984. The molecule has 3 aromatic heterocycles. The van der Waals surface area contributed by atoms with Crippen molar-refractivity contribution in [2.75, 3.05) is 20.3 Å². The van der Waals surface area contributed by atoms with Gasteiger partial charge in [-0.1, -0.05) is 36.5 Å². The van der Waals surface area contributed by atoms with Gasteiger partial charge >= 0.3 is 0 Å². The zero-order valence-electron chi connectivity index (χ0n) is 20.4. The van der Waals surface area contributed by atoms with Gasteiger partial charge in [0.25, 0.3) is 0 Å². The molecule has 35 heavy (non-hydrogen) atoms. The second-order valence-corrected chi connectivity index (χ2v) is 9.64. The molecule has 0 aliphatic heterocycles. The lowest BCUT2D eigenvalue weighted by Crippen LogP contribution is -2.22. The zero-order valence-corrected chi connectivity index (χ0v) is 21.2. The number of nitrogens with zero attached hydrogens (tertiary/aromatic N) is 5. The second kappa shape index (κ2) is 11.3. The molecule has 0 spiro atoms. The monoisotopic (exact) mass is 500 g/mol. The predicted molar refractivity (Wildman–Crippen MR) is 136 cm³/mol. The lowest BCUT2D eigenvalue weighted by atomic mass is 9.83. The average Bonchev–Trinajstić information content (AvgIpc) is 3.22. The molecule has 9 nitrogen and oxygen atoms in total. The number of rotatable bonds is 9. The van der Waals surface area contributed by atoms with E-state index in [-0.39, 0.29) is 11.9 Å². The van der Waals surface area contributed by atoms with E-state index in [0.717, 1.165) is 42.2 Å². The summed E-state index contributed by atoms with van der Waals surface area (Å²) in [5.41, 5.74) is 9.12. The Kier molecular flexibility index (Phi) is 8.20. The quantitative estimate of drug-likeness (QED) is 0.187. The van der Waals surface area contributed by atoms with E-state index in [1.165, 1.54) is 12.8 Å². The average molecular weight is 501 g/mol. The van der Waals surface area contributed by atoms with Crippen molar-refractivity contribution in [1.82, 2.24) is 19.5 Å². The van der Waals surface area contributed by atoms with Gasteiger partial charge in [-0.15, -0.1) is 0 Å². The van der Waals surface area contributed by atoms with E-state index in [2.05, 4.69) is 21.6 Å². The molecular weight excluding hydrogens is 468 g/mol. The maximum atomic E-state index is 9.32. The third-order valence-corrected chi connectivity index (χ3v) is 6.86. The molecule has 1 fully saturated rings. The van der Waals surface area contributed by atoms with Crippen LogP contribution in [0.15, 0.2) is 29.7 Å². The molecule has 0 bridgehead atoms. The molecule has 3 aromatic rings. The summed E-state index contributed by atoms with van der Waals surface area (Å²) in [4.78, 5) is 14.0. The Labute approximate surface area is 210 Å². The van der Waals surface area contributed by atoms with Gasteiger partial charge in [0, 0.05) is 38.2 Å². The van der Waals surface area contributed by atoms with Gasteiger partial charge in [-0.25, -0.2) is 9.97 Å². The van der Waals surface area contributed by atoms with Crippen molar-refractivity contribution in [3.8, 4) is 11.3 Å². The number of pyridine rings is 2. The van der Waals surface area contributed by atoms with Crippen LogP contribution in [0.25, 0.3) is 22.3 Å². The number of imidazole rings is 1. The predicted octanol–water partition coefficient (Wildman–Crippen LogP) is 4.79. The molecule has 1 atom stereocenters. The van der Waals surface area contributed by atoms with E-state index in [4.69, 9.17) is 36.8 Å². The van der Waals surface area contributed by atoms with E-state index < -0.39 is 0 Å². The molecule has 3 heterocycles. The number of oxime groups is 1. The van der Waals surface area contributed by atoms with Crippen LogP contribution in [0.1, 0.15) is 57.2 Å². The van der Waals surface area contributed by atoms with Crippen molar-refractivity contribution in [3.05, 3.63) is 41.1 Å². The summed E-state index contributed by atoms with van der Waals surface area (Å²) in [6, 6.07) is 3.55. The van der Waals surface area contributed by atoms with Gasteiger partial charge in [-0.2, -0.15) is 0 Å². The van der Waals surface area contributed by atoms with E-state index in [0.29, 0.717) is 41.1 Å². The lowest BCUT2D eigenvalue weighted by Gasteiger charge is -2.28. The first-order valence-corrected chi connectivity index (χ1v) is 12.4. The molecule has 0 amide bonds. The minimum atomic E-state index is -0.349. The van der Waals surface area contributed by atoms with Gasteiger partial charge in [0.1, 0.15) is 17.6 Å². The van der Waals surface area contributed by atoms with Crippen molar-refractivity contribution in [2.24, 2.45) is 22.7 Å². The Morgan fingerprint density at radius 3 is 2.69 bits per heavy atom. The molecular formula is C25H33ClN6O3. The first kappa shape index (κ1) is 25.3. The Morgan fingerprint density at radius 2 is 2.03 bits per heavy atom. The highest BCUT2D eigenvalue weighted by Crippen LogP contribution is 2.35. The number of halogens is 1. The maximum absolute atomic E-state index is 9.32. The van der Waals surface area contributed by atoms with Crippen LogP contribution in [0.4, 0.5) is 0 Å². The van der Waals surface area contributed by atoms with Crippen molar-refractivity contribution >= 4 is 28.5 Å². The Morgan fingerprint density at radius 1 is 1.26 bits per heavy atom. The molecule has 1 aliphatic carbocycles. The van der Waals surface area contributed by atoms with Gasteiger partial charge in [-0.05, 0) is 43.7 Å². The van der Waals surface area contributed by atoms with Crippen molar-refractivity contribution in [3.63, 3.8) is 0 Å². The van der Waals surface area contributed by atoms with Gasteiger partial charge < -0.3 is 25.0 Å². The highest BCUT2D eigenvalue weighted by molar-refractivity contribution is 6.30. The van der Waals surface area contributed by atoms with Crippen LogP contribution < -0.4 is 5.73 Å². The number of amidine groups is 1. The van der Waals surface area contributed by atoms with Crippen LogP contribution in [0.3, 0.4) is 0 Å². The number of hydrogen-bond acceptors (Lipinski definition) is 7. The van der Waals surface area contributed by atoms with Crippen molar-refractivity contribution in [2.45, 2.75) is 52.2 Å². The van der Waals surface area contributed by atoms with Gasteiger partial charge in [-0.3, -0.25) is 4.98 Å². The number of ether oxygens (including phenoxy) is 2. The summed E-state index contributed by atoms with van der Waals surface area (Å²) in [6.45, 7) is 5.96. The van der Waals surface area contributed by atoms with E-state index in [1.807, 2.05) is 6.92 Å². The molecule has 4 rings (SSSR count). The summed E-state index contributed by atoms with van der Waals surface area (Å²) in [5.74, 6) is 1.95. The van der Waals surface area contributed by atoms with Gasteiger partial charge in [0.2, 0.25) is 0 Å². The number of methoxy groups -OCH3 is 1. The SMILES string of the molecule is CCOC(COC)c1nc2cc(/C(N)=N/O)nc(-c3cncc(Cl)c3)c2n1CC1CCC(C)CC1. The second-order valence-electron chi connectivity index (χ2n) is 9.21. The standard InChI is InChI=1S/C25H33ClN6O3/c1-4-35-21(14-34-3)25-30-19-10-20(24(27)31-33)29-22(17-9-18(26)12-28-11-17)23(19)32(25)13-16-7-5-15(2)6-8-16/h9-12,15-16,21,33H,4-8,13-14H2,1-3H3,(H2,27,31). The first-order chi connectivity index (χ1) is 16.9. The fourth-order valence-electron chi connectivity index (χ4n) is 4.85. The van der Waals surface area contributed by atoms with Gasteiger partial charge in [0.15, 0.2) is 5.84 Å². The van der Waals surface area contributed by atoms with Crippen LogP contribution >= 0.6 is 11.6 Å². The van der Waals surface area contributed by atoms with Crippen LogP contribution in [0, 0.1) is 11.8 Å². The summed E-state index contributed by atoms with van der Waals surface area (Å²) < 4.78 is 13.8. The lowest BCUT2D eigenvalue weighted by molar-refractivity contribution is -0.00438. The Hall–Kier alpha value is -2.75. The summed E-state index contributed by atoms with van der Waals surface area (Å²) in [7, 11) is 1.66. The fourth-order valence-corrected chi connectivity index (χ4v) is 5.02.